The van der Waals surface area contributed by atoms with Crippen LogP contribution in [0.3, 0.4) is 0 Å². The predicted molar refractivity (Wildman–Crippen MR) is 112 cm³/mol. The van der Waals surface area contributed by atoms with E-state index < -0.39 is 6.04 Å². The third kappa shape index (κ3) is 4.41. The van der Waals surface area contributed by atoms with Crippen molar-refractivity contribution in [1.82, 2.24) is 15.1 Å². The predicted octanol–water partition coefficient (Wildman–Crippen LogP) is 2.14. The number of imide groups is 1. The van der Waals surface area contributed by atoms with E-state index in [0.717, 1.165) is 0 Å². The number of nitrogens with one attached hydrogen (secondary N) is 1. The number of hydrogen-bond acceptors (Lipinski definition) is 4. The van der Waals surface area contributed by atoms with Crippen LogP contribution in [-0.4, -0.2) is 53.1 Å². The number of nitrogens with zero attached hydrogens (tertiary/aromatic N) is 2. The zero-order valence-corrected chi connectivity index (χ0v) is 17.9. The lowest BCUT2D eigenvalue weighted by molar-refractivity contribution is -0.143. The Morgan fingerprint density at radius 3 is 2.33 bits per heavy atom. The number of allylic oxidation sites excluding steroid dienone is 2. The molecular weight excluding hydrogens is 406 g/mol. The summed E-state index contributed by atoms with van der Waals surface area (Å²) >= 11 is 6.24. The smallest absolute Gasteiger partial charge is 0.242 e. The van der Waals surface area contributed by atoms with Gasteiger partial charge in [0.15, 0.2) is 0 Å². The summed E-state index contributed by atoms with van der Waals surface area (Å²) in [7, 11) is 1.51. The van der Waals surface area contributed by atoms with Gasteiger partial charge in [-0.25, -0.2) is 0 Å². The molecule has 30 heavy (non-hydrogen) atoms. The molecule has 1 fully saturated rings. The zero-order valence-electron chi connectivity index (χ0n) is 17.1. The summed E-state index contributed by atoms with van der Waals surface area (Å²) in [5.74, 6) is -1.68. The molecule has 1 N–H and O–H groups in total. The maximum absolute atomic E-state index is 13.0. The van der Waals surface area contributed by atoms with Crippen LogP contribution in [0, 0.1) is 11.8 Å². The number of fused-ring (bicyclic) bond motifs is 1. The fourth-order valence-corrected chi connectivity index (χ4v) is 4.24. The van der Waals surface area contributed by atoms with Crippen molar-refractivity contribution in [2.75, 3.05) is 13.6 Å². The van der Waals surface area contributed by atoms with Crippen LogP contribution in [0.25, 0.3) is 0 Å². The lowest BCUT2D eigenvalue weighted by Gasteiger charge is -2.29. The zero-order chi connectivity index (χ0) is 21.8. The van der Waals surface area contributed by atoms with Gasteiger partial charge in [-0.3, -0.25) is 24.1 Å². The minimum Gasteiger partial charge on any atom is -0.357 e. The summed E-state index contributed by atoms with van der Waals surface area (Å²) in [6, 6.07) is 6.40. The molecule has 0 saturated carbocycles. The number of rotatable bonds is 7. The van der Waals surface area contributed by atoms with Gasteiger partial charge in [0.05, 0.1) is 11.8 Å². The average molecular weight is 432 g/mol. The highest BCUT2D eigenvalue weighted by Crippen LogP contribution is 2.35. The second kappa shape index (κ2) is 9.43. The van der Waals surface area contributed by atoms with Gasteiger partial charge < -0.3 is 10.2 Å². The fourth-order valence-electron chi connectivity index (χ4n) is 4.04. The molecule has 1 heterocycles. The molecule has 8 heteroatoms. The molecule has 0 bridgehead atoms. The second-order valence-electron chi connectivity index (χ2n) is 7.64. The lowest BCUT2D eigenvalue weighted by atomic mass is 9.85. The number of carbonyl (C=O) groups is 4. The minimum atomic E-state index is -0.726. The van der Waals surface area contributed by atoms with Crippen LogP contribution in [0.2, 0.25) is 5.02 Å². The van der Waals surface area contributed by atoms with Gasteiger partial charge >= 0.3 is 0 Å². The van der Waals surface area contributed by atoms with E-state index in [9.17, 15) is 19.2 Å². The Bertz CT molecular complexity index is 859. The van der Waals surface area contributed by atoms with Crippen LogP contribution in [0.15, 0.2) is 36.4 Å². The van der Waals surface area contributed by atoms with Gasteiger partial charge in [-0.1, -0.05) is 42.0 Å². The molecule has 1 aromatic rings. The van der Waals surface area contributed by atoms with Crippen LogP contribution in [-0.2, 0) is 25.7 Å². The SMILES string of the molecule is CNC(=O)[C@H](C)N(Cc1ccccc1Cl)C(=O)CCN1C(=O)[C@H]2CC=CC[C@H]2C1=O. The van der Waals surface area contributed by atoms with Gasteiger partial charge in [-0.2, -0.15) is 0 Å². The summed E-state index contributed by atoms with van der Waals surface area (Å²) in [6.45, 7) is 1.81. The highest BCUT2D eigenvalue weighted by Gasteiger charge is 2.47. The van der Waals surface area contributed by atoms with Gasteiger partial charge in [-0.05, 0) is 31.4 Å². The summed E-state index contributed by atoms with van der Waals surface area (Å²) in [5, 5.41) is 3.05. The van der Waals surface area contributed by atoms with Gasteiger partial charge in [-0.15, -0.1) is 0 Å². The molecular formula is C22H26ClN3O4. The lowest BCUT2D eigenvalue weighted by Crippen LogP contribution is -2.47. The quantitative estimate of drug-likeness (QED) is 0.529. The van der Waals surface area contributed by atoms with Gasteiger partial charge in [0.1, 0.15) is 6.04 Å². The van der Waals surface area contributed by atoms with Gasteiger partial charge in [0, 0.05) is 31.6 Å². The number of likely N-dealkylation sites (tertiary alicyclic amines) is 1. The van der Waals surface area contributed by atoms with Crippen molar-refractivity contribution >= 4 is 35.2 Å². The van der Waals surface area contributed by atoms with E-state index in [0.29, 0.717) is 23.4 Å². The van der Waals surface area contributed by atoms with E-state index in [2.05, 4.69) is 5.32 Å². The first-order valence-corrected chi connectivity index (χ1v) is 10.5. The van der Waals surface area contributed by atoms with Crippen molar-refractivity contribution in [1.29, 1.82) is 0 Å². The molecule has 4 amide bonds. The van der Waals surface area contributed by atoms with Crippen LogP contribution < -0.4 is 5.32 Å². The molecule has 1 aliphatic heterocycles. The van der Waals surface area contributed by atoms with E-state index in [-0.39, 0.29) is 55.0 Å². The van der Waals surface area contributed by atoms with Crippen molar-refractivity contribution in [3.8, 4) is 0 Å². The largest absolute Gasteiger partial charge is 0.357 e. The number of hydrogen-bond donors (Lipinski definition) is 1. The van der Waals surface area contributed by atoms with Crippen molar-refractivity contribution in [3.63, 3.8) is 0 Å². The Balaban J connectivity index is 1.71. The van der Waals surface area contributed by atoms with Crippen LogP contribution in [0.4, 0.5) is 0 Å². The van der Waals surface area contributed by atoms with Crippen LogP contribution in [0.1, 0.15) is 31.7 Å². The van der Waals surface area contributed by atoms with Gasteiger partial charge in [0.25, 0.3) is 0 Å². The summed E-state index contributed by atoms with van der Waals surface area (Å²) in [6.07, 6.45) is 4.93. The molecule has 0 unspecified atom stereocenters. The molecule has 2 aliphatic rings. The topological polar surface area (TPSA) is 86.8 Å². The molecule has 0 aromatic heterocycles. The van der Waals surface area contributed by atoms with Crippen LogP contribution >= 0.6 is 11.6 Å². The summed E-state index contributed by atoms with van der Waals surface area (Å²) in [5.41, 5.74) is 0.716. The molecule has 3 atom stereocenters. The first-order valence-electron chi connectivity index (χ1n) is 10.1. The molecule has 3 rings (SSSR count). The number of likely N-dealkylation sites (N-methyl/N-ethyl adjacent to an activating group) is 1. The molecule has 160 valence electrons. The maximum atomic E-state index is 13.0. The highest BCUT2D eigenvalue weighted by molar-refractivity contribution is 6.31. The Hall–Kier alpha value is -2.67. The van der Waals surface area contributed by atoms with Crippen molar-refractivity contribution < 1.29 is 19.2 Å². The van der Waals surface area contributed by atoms with E-state index >= 15 is 0 Å². The Morgan fingerprint density at radius 1 is 1.17 bits per heavy atom. The number of carbonyl (C=O) groups excluding carboxylic acids is 4. The van der Waals surface area contributed by atoms with Gasteiger partial charge in [0.2, 0.25) is 23.6 Å². The van der Waals surface area contributed by atoms with Crippen LogP contribution in [0.5, 0.6) is 0 Å². The highest BCUT2D eigenvalue weighted by atomic mass is 35.5. The average Bonchev–Trinajstić information content (AvgIpc) is 3.00. The summed E-state index contributed by atoms with van der Waals surface area (Å²) in [4.78, 5) is 53.1. The summed E-state index contributed by atoms with van der Waals surface area (Å²) < 4.78 is 0. The normalized spacial score (nSPS) is 21.4. The monoisotopic (exact) mass is 431 g/mol. The Kier molecular flexibility index (Phi) is 6.92. The molecule has 1 aromatic carbocycles. The first-order chi connectivity index (χ1) is 14.3. The van der Waals surface area contributed by atoms with Crippen molar-refractivity contribution in [2.45, 2.75) is 38.8 Å². The van der Waals surface area contributed by atoms with Crippen molar-refractivity contribution in [3.05, 3.63) is 47.0 Å². The first kappa shape index (κ1) is 22.0. The number of benzene rings is 1. The molecule has 1 saturated heterocycles. The number of amides is 4. The maximum Gasteiger partial charge on any atom is 0.242 e. The standard InChI is InChI=1S/C22H26ClN3O4/c1-14(20(28)24-2)26(13-15-7-3-6-10-18(15)23)19(27)11-12-25-21(29)16-8-4-5-9-17(16)22(25)30/h3-7,10,14,16-17H,8-9,11-13H2,1-2H3,(H,24,28)/t14-,16-,17+/m0/s1. The van der Waals surface area contributed by atoms with E-state index in [1.54, 1.807) is 25.1 Å². The third-order valence-corrected chi connectivity index (χ3v) is 6.23. The van der Waals surface area contributed by atoms with E-state index in [1.165, 1.54) is 16.8 Å². The number of halogens is 1. The third-order valence-electron chi connectivity index (χ3n) is 5.86. The van der Waals surface area contributed by atoms with E-state index in [4.69, 9.17) is 11.6 Å². The van der Waals surface area contributed by atoms with E-state index in [1.807, 2.05) is 18.2 Å². The van der Waals surface area contributed by atoms with Crippen molar-refractivity contribution in [2.24, 2.45) is 11.8 Å². The second-order valence-corrected chi connectivity index (χ2v) is 8.04. The molecule has 1 aliphatic carbocycles. The molecule has 0 radical (unpaired) electrons. The Morgan fingerprint density at radius 2 is 1.77 bits per heavy atom. The Labute approximate surface area is 181 Å². The minimum absolute atomic E-state index is 0.0169. The molecule has 0 spiro atoms. The fraction of sp³-hybridized carbons (Fsp3) is 0.455. The molecule has 7 nitrogen and oxygen atoms in total.